The number of allylic oxidation sites excluding steroid dienone is 12. The van der Waals surface area contributed by atoms with E-state index in [0.717, 1.165) is 51.4 Å². The van der Waals surface area contributed by atoms with Gasteiger partial charge in [-0.25, -0.2) is 4.57 Å². The minimum absolute atomic E-state index is 0.0852. The predicted octanol–water partition coefficient (Wildman–Crippen LogP) is 13.9. The molecular weight excluding hydrogens is 723 g/mol. The Morgan fingerprint density at radius 2 is 0.857 bits per heavy atom. The Labute approximate surface area is 342 Å². The number of phosphoric ester groups is 1. The van der Waals surface area contributed by atoms with Gasteiger partial charge in [-0.3, -0.25) is 14.1 Å². The van der Waals surface area contributed by atoms with E-state index in [1.165, 1.54) is 103 Å². The van der Waals surface area contributed by atoms with Crippen molar-refractivity contribution in [3.05, 3.63) is 72.9 Å². The lowest BCUT2D eigenvalue weighted by Gasteiger charge is -2.18. The minimum atomic E-state index is -4.78. The second-order valence-electron chi connectivity index (χ2n) is 14.6. The zero-order valence-corrected chi connectivity index (χ0v) is 36.4. The van der Waals surface area contributed by atoms with Crippen LogP contribution in [0.3, 0.4) is 0 Å². The number of phosphoric acid groups is 1. The zero-order valence-electron chi connectivity index (χ0n) is 35.5. The first-order valence-electron chi connectivity index (χ1n) is 22.2. The van der Waals surface area contributed by atoms with Gasteiger partial charge in [-0.1, -0.05) is 202 Å². The van der Waals surface area contributed by atoms with E-state index in [4.69, 9.17) is 19.3 Å². The molecule has 0 aromatic carbocycles. The van der Waals surface area contributed by atoms with Crippen LogP contribution in [0.2, 0.25) is 0 Å². The second kappa shape index (κ2) is 42.1. The van der Waals surface area contributed by atoms with E-state index in [-0.39, 0.29) is 19.4 Å². The molecule has 8 nitrogen and oxygen atoms in total. The van der Waals surface area contributed by atoms with E-state index in [1.807, 2.05) is 12.2 Å². The van der Waals surface area contributed by atoms with Crippen molar-refractivity contribution in [2.45, 2.75) is 200 Å². The molecule has 1 atom stereocenters. The number of hydrogen-bond donors (Lipinski definition) is 2. The van der Waals surface area contributed by atoms with E-state index in [9.17, 15) is 14.2 Å². The molecule has 0 fully saturated rings. The average Bonchev–Trinajstić information content (AvgIpc) is 3.17. The molecule has 0 aliphatic rings. The molecule has 0 aromatic heterocycles. The maximum Gasteiger partial charge on any atom is 0.469 e. The van der Waals surface area contributed by atoms with E-state index >= 15 is 0 Å². The van der Waals surface area contributed by atoms with Gasteiger partial charge in [-0.2, -0.15) is 0 Å². The zero-order chi connectivity index (χ0) is 41.1. The first-order chi connectivity index (χ1) is 27.3. The fraction of sp³-hybridized carbons (Fsp3) is 0.702. The highest BCUT2D eigenvalue weighted by Gasteiger charge is 2.22. The van der Waals surface area contributed by atoms with Crippen molar-refractivity contribution in [3.8, 4) is 0 Å². The van der Waals surface area contributed by atoms with Crippen LogP contribution in [0.5, 0.6) is 0 Å². The molecule has 0 amide bonds. The summed E-state index contributed by atoms with van der Waals surface area (Å²) in [6, 6.07) is 0. The van der Waals surface area contributed by atoms with Gasteiger partial charge in [0.15, 0.2) is 6.10 Å². The lowest BCUT2D eigenvalue weighted by atomic mass is 10.0. The lowest BCUT2D eigenvalue weighted by molar-refractivity contribution is -0.161. The summed E-state index contributed by atoms with van der Waals surface area (Å²) in [4.78, 5) is 42.9. The molecule has 0 radical (unpaired) electrons. The van der Waals surface area contributed by atoms with Crippen LogP contribution < -0.4 is 0 Å². The first kappa shape index (κ1) is 53.5. The average molecular weight is 805 g/mol. The van der Waals surface area contributed by atoms with Gasteiger partial charge in [0.1, 0.15) is 6.61 Å². The predicted molar refractivity (Wildman–Crippen MR) is 234 cm³/mol. The first-order valence-corrected chi connectivity index (χ1v) is 23.8. The number of esters is 2. The van der Waals surface area contributed by atoms with Crippen molar-refractivity contribution in [1.82, 2.24) is 0 Å². The van der Waals surface area contributed by atoms with E-state index in [0.29, 0.717) is 12.8 Å². The van der Waals surface area contributed by atoms with Crippen molar-refractivity contribution in [1.29, 1.82) is 0 Å². The second-order valence-corrected chi connectivity index (χ2v) is 15.9. The van der Waals surface area contributed by atoms with Crippen molar-refractivity contribution in [2.75, 3.05) is 13.2 Å². The molecule has 0 unspecified atom stereocenters. The van der Waals surface area contributed by atoms with Crippen LogP contribution >= 0.6 is 7.82 Å². The van der Waals surface area contributed by atoms with Crippen molar-refractivity contribution < 1.29 is 37.9 Å². The SMILES string of the molecule is CC/C=C/C/C=C/C/C=C/C/C=C/C/C=C/C/C=C/CCC(=O)O[C@H](COC(=O)CCCCCCCCCCCCCCCCCCCCC)COP(=O)(O)O. The molecule has 0 aromatic rings. The Kier molecular flexibility index (Phi) is 40.2. The van der Waals surface area contributed by atoms with Crippen LogP contribution in [0, 0.1) is 0 Å². The number of ether oxygens (including phenoxy) is 2. The van der Waals surface area contributed by atoms with Crippen molar-refractivity contribution in [2.24, 2.45) is 0 Å². The fourth-order valence-corrected chi connectivity index (χ4v) is 6.35. The topological polar surface area (TPSA) is 119 Å². The Bertz CT molecular complexity index is 1130. The van der Waals surface area contributed by atoms with Crippen LogP contribution in [0.1, 0.15) is 194 Å². The molecule has 0 saturated heterocycles. The molecule has 9 heteroatoms. The third kappa shape index (κ3) is 44.2. The van der Waals surface area contributed by atoms with Gasteiger partial charge in [0.25, 0.3) is 0 Å². The molecule has 0 heterocycles. The standard InChI is InChI=1S/C47H81O8P/c1-3-5-7-9-11-13-15-17-19-21-23-25-27-29-31-33-35-37-39-41-46(48)53-43-45(44-54-56(50,51)52)55-47(49)42-40-38-36-34-32-30-28-26-24-22-20-18-16-14-12-10-8-6-4-2/h6,8,12,14,18,20,24,26,30,32,36,38,45H,3-5,7,9-11,13,15-17,19,21-23,25,27-29,31,33-35,37,39-44H2,1-2H3,(H2,50,51,52)/b8-6+,14-12+,20-18+,26-24+,32-30+,38-36+/t45-/m1/s1. The highest BCUT2D eigenvalue weighted by atomic mass is 31.2. The van der Waals surface area contributed by atoms with Crippen molar-refractivity contribution >= 4 is 19.8 Å². The van der Waals surface area contributed by atoms with Gasteiger partial charge in [0.05, 0.1) is 6.61 Å². The lowest BCUT2D eigenvalue weighted by Crippen LogP contribution is -2.29. The monoisotopic (exact) mass is 805 g/mol. The number of hydrogen-bond acceptors (Lipinski definition) is 6. The quantitative estimate of drug-likeness (QED) is 0.0272. The van der Waals surface area contributed by atoms with Gasteiger partial charge >= 0.3 is 19.8 Å². The Morgan fingerprint density at radius 3 is 1.25 bits per heavy atom. The molecule has 322 valence electrons. The molecule has 56 heavy (non-hydrogen) atoms. The summed E-state index contributed by atoms with van der Waals surface area (Å²) in [5, 5.41) is 0. The summed E-state index contributed by atoms with van der Waals surface area (Å²) in [7, 11) is -4.78. The molecule has 0 rings (SSSR count). The third-order valence-electron chi connectivity index (χ3n) is 9.25. The third-order valence-corrected chi connectivity index (χ3v) is 9.74. The van der Waals surface area contributed by atoms with Gasteiger partial charge in [0, 0.05) is 12.8 Å². The van der Waals surface area contributed by atoms with Crippen LogP contribution in [0.4, 0.5) is 0 Å². The van der Waals surface area contributed by atoms with Gasteiger partial charge < -0.3 is 19.3 Å². The van der Waals surface area contributed by atoms with Crippen LogP contribution in [-0.4, -0.2) is 41.0 Å². The molecule has 0 aliphatic heterocycles. The van der Waals surface area contributed by atoms with Gasteiger partial charge in [0.2, 0.25) is 0 Å². The molecule has 0 aliphatic carbocycles. The van der Waals surface area contributed by atoms with E-state index < -0.39 is 32.5 Å². The Hall–Kier alpha value is -2.51. The Balaban J connectivity index is 4.00. The maximum absolute atomic E-state index is 12.4. The Morgan fingerprint density at radius 1 is 0.482 bits per heavy atom. The minimum Gasteiger partial charge on any atom is -0.462 e. The normalized spacial score (nSPS) is 13.1. The highest BCUT2D eigenvalue weighted by molar-refractivity contribution is 7.46. The molecule has 2 N–H and O–H groups in total. The molecule has 0 bridgehead atoms. The van der Waals surface area contributed by atoms with Crippen LogP contribution in [-0.2, 0) is 28.2 Å². The summed E-state index contributed by atoms with van der Waals surface area (Å²) in [6.07, 6.45) is 55.0. The van der Waals surface area contributed by atoms with Crippen LogP contribution in [0.15, 0.2) is 72.9 Å². The molecule has 0 saturated carbocycles. The van der Waals surface area contributed by atoms with Crippen molar-refractivity contribution in [3.63, 3.8) is 0 Å². The van der Waals surface area contributed by atoms with E-state index in [1.54, 1.807) is 0 Å². The maximum atomic E-state index is 12.4. The molecule has 0 spiro atoms. The summed E-state index contributed by atoms with van der Waals surface area (Å²) in [5.74, 6) is -0.981. The molecular formula is C47H81O8P. The number of rotatable bonds is 40. The summed E-state index contributed by atoms with van der Waals surface area (Å²) >= 11 is 0. The highest BCUT2D eigenvalue weighted by Crippen LogP contribution is 2.36. The number of unbranched alkanes of at least 4 members (excludes halogenated alkanes) is 18. The van der Waals surface area contributed by atoms with Crippen LogP contribution in [0.25, 0.3) is 0 Å². The number of carbonyl (C=O) groups excluding carboxylic acids is 2. The van der Waals surface area contributed by atoms with Gasteiger partial charge in [-0.15, -0.1) is 0 Å². The summed E-state index contributed by atoms with van der Waals surface area (Å²) in [5.41, 5.74) is 0. The largest absolute Gasteiger partial charge is 0.469 e. The number of carbonyl (C=O) groups is 2. The summed E-state index contributed by atoms with van der Waals surface area (Å²) < 4.78 is 26.4. The van der Waals surface area contributed by atoms with E-state index in [2.05, 4.69) is 79.1 Å². The fourth-order valence-electron chi connectivity index (χ4n) is 5.99. The summed E-state index contributed by atoms with van der Waals surface area (Å²) in [6.45, 7) is 3.52. The smallest absolute Gasteiger partial charge is 0.462 e. The van der Waals surface area contributed by atoms with Gasteiger partial charge in [-0.05, 0) is 51.4 Å².